The first-order valence-electron chi connectivity index (χ1n) is 15.5. The predicted molar refractivity (Wildman–Crippen MR) is 171 cm³/mol. The quantitative estimate of drug-likeness (QED) is 0.168. The highest BCUT2D eigenvalue weighted by molar-refractivity contribution is 6.01. The molecule has 11 nitrogen and oxygen atoms in total. The zero-order valence-corrected chi connectivity index (χ0v) is 26.7. The summed E-state index contributed by atoms with van der Waals surface area (Å²) in [5.74, 6) is 0.292. The fourth-order valence-corrected chi connectivity index (χ4v) is 6.48. The molecule has 0 radical (unpaired) electrons. The lowest BCUT2D eigenvalue weighted by Gasteiger charge is -2.42. The number of anilines is 1. The van der Waals surface area contributed by atoms with Gasteiger partial charge in [0.1, 0.15) is 35.0 Å². The van der Waals surface area contributed by atoms with Crippen molar-refractivity contribution >= 4 is 39.9 Å². The molecule has 2 fully saturated rings. The summed E-state index contributed by atoms with van der Waals surface area (Å²) in [6, 6.07) is 9.24. The lowest BCUT2D eigenvalue weighted by atomic mass is 9.95. The van der Waals surface area contributed by atoms with E-state index in [2.05, 4.69) is 15.0 Å². The fraction of sp³-hybridized carbons (Fsp3) is 0.441. The number of nitrogens with zero attached hydrogens (tertiary/aromatic N) is 5. The number of aryl methyl sites for hydroxylation is 1. The lowest BCUT2D eigenvalue weighted by Crippen LogP contribution is -2.57. The van der Waals surface area contributed by atoms with E-state index in [4.69, 9.17) is 18.9 Å². The molecule has 0 saturated carbocycles. The van der Waals surface area contributed by atoms with Crippen LogP contribution in [0.3, 0.4) is 0 Å². The summed E-state index contributed by atoms with van der Waals surface area (Å²) in [6.07, 6.45) is 4.18. The summed E-state index contributed by atoms with van der Waals surface area (Å²) in [5, 5.41) is 2.14. The predicted octanol–water partition coefficient (Wildman–Crippen LogP) is 5.70. The first-order valence-corrected chi connectivity index (χ1v) is 15.5. The standard InChI is InChI=1S/C34H38FN5O6/c1-6-20-8-7-9-21-14-24(45-19-43-5)15-25(27(20)21)29-28(35)30-26(16-36-29)31(38-32(37-30)44-13-12-41)39-17-22-10-11-23(18-39)40(22)33(42)46-34(2,3)4/h7-9,12,14-16,22-23H,6,10-11,13,17-19H2,1-5H3. The van der Waals surface area contributed by atoms with Gasteiger partial charge in [-0.25, -0.2) is 9.18 Å². The monoisotopic (exact) mass is 631 g/mol. The Kier molecular flexibility index (Phi) is 8.65. The number of rotatable bonds is 9. The summed E-state index contributed by atoms with van der Waals surface area (Å²) in [7, 11) is 1.53. The van der Waals surface area contributed by atoms with Crippen molar-refractivity contribution in [3.8, 4) is 23.0 Å². The van der Waals surface area contributed by atoms with Crippen molar-refractivity contribution in [3.63, 3.8) is 0 Å². The third-order valence-corrected chi connectivity index (χ3v) is 8.33. The van der Waals surface area contributed by atoms with E-state index in [0.717, 1.165) is 35.6 Å². The summed E-state index contributed by atoms with van der Waals surface area (Å²) in [4.78, 5) is 41.8. The Labute approximate surface area is 266 Å². The number of amides is 1. The second-order valence-electron chi connectivity index (χ2n) is 12.6. The van der Waals surface area contributed by atoms with Crippen molar-refractivity contribution in [1.82, 2.24) is 19.9 Å². The van der Waals surface area contributed by atoms with Gasteiger partial charge in [-0.2, -0.15) is 9.97 Å². The Balaban J connectivity index is 1.46. The van der Waals surface area contributed by atoms with Crippen LogP contribution < -0.4 is 14.4 Å². The van der Waals surface area contributed by atoms with E-state index in [9.17, 15) is 9.59 Å². The first-order chi connectivity index (χ1) is 22.1. The molecule has 2 aliphatic rings. The minimum Gasteiger partial charge on any atom is -0.468 e. The average Bonchev–Trinajstić information content (AvgIpc) is 3.30. The van der Waals surface area contributed by atoms with E-state index in [1.165, 1.54) is 7.11 Å². The number of benzene rings is 2. The Morgan fingerprint density at radius 2 is 1.87 bits per heavy atom. The highest BCUT2D eigenvalue weighted by atomic mass is 19.1. The van der Waals surface area contributed by atoms with Crippen molar-refractivity contribution in [1.29, 1.82) is 0 Å². The second kappa shape index (κ2) is 12.7. The van der Waals surface area contributed by atoms with Gasteiger partial charge in [0.15, 0.2) is 18.9 Å². The normalized spacial score (nSPS) is 17.9. The number of pyridine rings is 1. The van der Waals surface area contributed by atoms with Crippen LogP contribution in [-0.2, 0) is 20.7 Å². The van der Waals surface area contributed by atoms with Gasteiger partial charge in [-0.05, 0) is 68.5 Å². The zero-order chi connectivity index (χ0) is 32.6. The summed E-state index contributed by atoms with van der Waals surface area (Å²) >= 11 is 0. The van der Waals surface area contributed by atoms with E-state index in [0.29, 0.717) is 41.9 Å². The van der Waals surface area contributed by atoms with Gasteiger partial charge < -0.3 is 23.8 Å². The van der Waals surface area contributed by atoms with Gasteiger partial charge in [0, 0.05) is 32.0 Å². The number of aldehydes is 1. The summed E-state index contributed by atoms with van der Waals surface area (Å²) in [5.41, 5.74) is 1.09. The van der Waals surface area contributed by atoms with E-state index < -0.39 is 11.4 Å². The van der Waals surface area contributed by atoms with E-state index in [1.54, 1.807) is 12.3 Å². The van der Waals surface area contributed by atoms with Gasteiger partial charge in [-0.1, -0.05) is 25.1 Å². The Bertz CT molecular complexity index is 1780. The van der Waals surface area contributed by atoms with Crippen LogP contribution in [0.1, 0.15) is 46.1 Å². The molecule has 46 heavy (non-hydrogen) atoms. The molecule has 0 spiro atoms. The van der Waals surface area contributed by atoms with Crippen molar-refractivity contribution in [2.75, 3.05) is 38.5 Å². The molecule has 242 valence electrons. The van der Waals surface area contributed by atoms with Crippen molar-refractivity contribution in [2.24, 2.45) is 0 Å². The lowest BCUT2D eigenvalue weighted by molar-refractivity contribution is -0.109. The number of carbonyl (C=O) groups excluding carboxylic acids is 2. The minimum atomic E-state index is -0.649. The minimum absolute atomic E-state index is 0.0168. The number of methoxy groups -OCH3 is 1. The Morgan fingerprint density at radius 1 is 1.11 bits per heavy atom. The maximum Gasteiger partial charge on any atom is 0.410 e. The number of halogens is 1. The van der Waals surface area contributed by atoms with Crippen LogP contribution >= 0.6 is 0 Å². The number of carbonyl (C=O) groups is 2. The number of ether oxygens (including phenoxy) is 4. The van der Waals surface area contributed by atoms with E-state index >= 15 is 4.39 Å². The van der Waals surface area contributed by atoms with Crippen LogP contribution in [-0.4, -0.2) is 83.5 Å². The van der Waals surface area contributed by atoms with Crippen LogP contribution in [0.25, 0.3) is 32.9 Å². The first kappa shape index (κ1) is 31.4. The third kappa shape index (κ3) is 6.01. The molecule has 2 aromatic heterocycles. The largest absolute Gasteiger partial charge is 0.468 e. The number of aromatic nitrogens is 3. The van der Waals surface area contributed by atoms with Gasteiger partial charge in [-0.3, -0.25) is 14.7 Å². The average molecular weight is 632 g/mol. The molecule has 0 N–H and O–H groups in total. The van der Waals surface area contributed by atoms with E-state index in [1.807, 2.05) is 61.8 Å². The summed E-state index contributed by atoms with van der Waals surface area (Å²) in [6.45, 7) is 8.26. The van der Waals surface area contributed by atoms with E-state index in [-0.39, 0.29) is 48.8 Å². The van der Waals surface area contributed by atoms with Gasteiger partial charge in [0.2, 0.25) is 0 Å². The number of hydrogen-bond acceptors (Lipinski definition) is 10. The zero-order valence-electron chi connectivity index (χ0n) is 26.7. The maximum atomic E-state index is 16.8. The maximum absolute atomic E-state index is 16.8. The molecular weight excluding hydrogens is 593 g/mol. The van der Waals surface area contributed by atoms with Crippen LogP contribution in [0.15, 0.2) is 36.5 Å². The van der Waals surface area contributed by atoms with Crippen molar-refractivity contribution < 1.29 is 32.9 Å². The van der Waals surface area contributed by atoms with Crippen LogP contribution in [0, 0.1) is 5.82 Å². The molecule has 2 bridgehead atoms. The van der Waals surface area contributed by atoms with Gasteiger partial charge in [-0.15, -0.1) is 0 Å². The van der Waals surface area contributed by atoms with Crippen LogP contribution in [0.2, 0.25) is 0 Å². The smallest absolute Gasteiger partial charge is 0.410 e. The molecule has 2 atom stereocenters. The molecule has 6 rings (SSSR count). The van der Waals surface area contributed by atoms with Crippen molar-refractivity contribution in [2.45, 2.75) is 64.6 Å². The van der Waals surface area contributed by atoms with Gasteiger partial charge in [0.05, 0.1) is 17.5 Å². The van der Waals surface area contributed by atoms with Gasteiger partial charge >= 0.3 is 12.1 Å². The molecule has 4 aromatic rings. The molecule has 4 heterocycles. The number of fused-ring (bicyclic) bond motifs is 4. The highest BCUT2D eigenvalue weighted by Crippen LogP contribution is 2.40. The second-order valence-corrected chi connectivity index (χ2v) is 12.6. The number of piperazine rings is 1. The molecule has 2 aliphatic heterocycles. The molecule has 12 heteroatoms. The number of hydrogen-bond donors (Lipinski definition) is 0. The molecule has 2 unspecified atom stereocenters. The van der Waals surface area contributed by atoms with Crippen molar-refractivity contribution in [3.05, 3.63) is 47.9 Å². The third-order valence-electron chi connectivity index (χ3n) is 8.33. The topological polar surface area (TPSA) is 116 Å². The summed E-state index contributed by atoms with van der Waals surface area (Å²) < 4.78 is 38.9. The van der Waals surface area contributed by atoms with Crippen LogP contribution in [0.5, 0.6) is 11.8 Å². The Hall–Kier alpha value is -4.58. The Morgan fingerprint density at radius 3 is 2.54 bits per heavy atom. The highest BCUT2D eigenvalue weighted by Gasteiger charge is 2.45. The van der Waals surface area contributed by atoms with Gasteiger partial charge in [0.25, 0.3) is 0 Å². The molecule has 2 saturated heterocycles. The molecular formula is C34H38FN5O6. The molecule has 1 amide bonds. The molecule has 2 aromatic carbocycles. The SMILES string of the molecule is CCc1cccc2cc(OCOC)cc(-c3ncc4c(N5CC6CCC(C5)N6C(=O)OC(C)(C)C)nc(OCC=O)nc4c3F)c12. The van der Waals surface area contributed by atoms with Crippen LogP contribution in [0.4, 0.5) is 15.0 Å². The fourth-order valence-electron chi connectivity index (χ4n) is 6.48. The molecule has 0 aliphatic carbocycles.